The number of aromatic carboxylic acids is 1. The maximum Gasteiger partial charge on any atom is 0.341 e. The molecule has 0 spiro atoms. The second-order valence-corrected chi connectivity index (χ2v) is 5.17. The van der Waals surface area contributed by atoms with Crippen molar-refractivity contribution in [2.24, 2.45) is 0 Å². The molecule has 2 aromatic rings. The molecule has 2 heterocycles. The van der Waals surface area contributed by atoms with Gasteiger partial charge in [0, 0.05) is 28.2 Å². The summed E-state index contributed by atoms with van der Waals surface area (Å²) in [6.45, 7) is 2.68. The summed E-state index contributed by atoms with van der Waals surface area (Å²) in [6.07, 6.45) is 3.99. The zero-order valence-corrected chi connectivity index (χ0v) is 10.7. The third kappa shape index (κ3) is 2.68. The van der Waals surface area contributed by atoms with Gasteiger partial charge in [0.25, 0.3) is 0 Å². The molecular weight excluding hydrogens is 250 g/mol. The zero-order chi connectivity index (χ0) is 13.1. The second kappa shape index (κ2) is 5.18. The monoisotopic (exact) mass is 263 g/mol. The predicted molar refractivity (Wildman–Crippen MR) is 70.5 cm³/mol. The van der Waals surface area contributed by atoms with Crippen LogP contribution in [0, 0.1) is 0 Å². The molecule has 94 valence electrons. The van der Waals surface area contributed by atoms with Gasteiger partial charge in [-0.25, -0.2) is 4.79 Å². The molecule has 18 heavy (non-hydrogen) atoms. The van der Waals surface area contributed by atoms with Crippen molar-refractivity contribution in [3.8, 4) is 0 Å². The number of pyridine rings is 1. The predicted octanol–water partition coefficient (Wildman–Crippen LogP) is 2.22. The van der Waals surface area contributed by atoms with E-state index in [1.807, 2.05) is 6.07 Å². The average Bonchev–Trinajstić information content (AvgIpc) is 2.79. The van der Waals surface area contributed by atoms with Crippen molar-refractivity contribution in [3.05, 3.63) is 56.1 Å². The Morgan fingerprint density at radius 2 is 2.06 bits per heavy atom. The summed E-state index contributed by atoms with van der Waals surface area (Å²) < 4.78 is 1.72. The summed E-state index contributed by atoms with van der Waals surface area (Å²) in [5, 5.41) is 8.89. The van der Waals surface area contributed by atoms with Crippen LogP contribution in [0.3, 0.4) is 0 Å². The lowest BCUT2D eigenvalue weighted by atomic mass is 10.2. The minimum absolute atomic E-state index is 0.190. The maximum atomic E-state index is 11.3. The topological polar surface area (TPSA) is 59.3 Å². The summed E-state index contributed by atoms with van der Waals surface area (Å²) in [4.78, 5) is 24.6. The molecule has 0 radical (unpaired) electrons. The van der Waals surface area contributed by atoms with Crippen molar-refractivity contribution in [1.29, 1.82) is 0 Å². The van der Waals surface area contributed by atoms with E-state index in [0.29, 0.717) is 6.54 Å². The molecule has 1 N–H and O–H groups in total. The van der Waals surface area contributed by atoms with Crippen LogP contribution in [-0.4, -0.2) is 15.6 Å². The molecule has 0 aromatic carbocycles. The highest BCUT2D eigenvalue weighted by Crippen LogP contribution is 2.17. The van der Waals surface area contributed by atoms with E-state index in [0.717, 1.165) is 11.3 Å². The van der Waals surface area contributed by atoms with Crippen LogP contribution in [0.4, 0.5) is 0 Å². The molecule has 4 nitrogen and oxygen atoms in total. The number of carboxylic acids is 1. The highest BCUT2D eigenvalue weighted by atomic mass is 32.1. The van der Waals surface area contributed by atoms with Crippen molar-refractivity contribution >= 4 is 17.3 Å². The van der Waals surface area contributed by atoms with Gasteiger partial charge in [0.15, 0.2) is 5.43 Å². The SMILES string of the molecule is CCc1ccc(Cn2ccc(=O)c(C(=O)O)c2)s1. The second-order valence-electron chi connectivity index (χ2n) is 3.92. The van der Waals surface area contributed by atoms with Gasteiger partial charge < -0.3 is 9.67 Å². The summed E-state index contributed by atoms with van der Waals surface area (Å²) in [7, 11) is 0. The van der Waals surface area contributed by atoms with Gasteiger partial charge in [-0.05, 0) is 18.6 Å². The van der Waals surface area contributed by atoms with Crippen molar-refractivity contribution in [1.82, 2.24) is 4.57 Å². The minimum Gasteiger partial charge on any atom is -0.477 e. The molecule has 0 unspecified atom stereocenters. The summed E-state index contributed by atoms with van der Waals surface area (Å²) in [6, 6.07) is 5.39. The number of nitrogens with zero attached hydrogens (tertiary/aromatic N) is 1. The highest BCUT2D eigenvalue weighted by Gasteiger charge is 2.08. The van der Waals surface area contributed by atoms with Crippen LogP contribution in [-0.2, 0) is 13.0 Å². The molecule has 0 fully saturated rings. The first kappa shape index (κ1) is 12.6. The van der Waals surface area contributed by atoms with E-state index in [2.05, 4.69) is 13.0 Å². The number of carboxylic acid groups (broad SMARTS) is 1. The normalized spacial score (nSPS) is 10.5. The summed E-state index contributed by atoms with van der Waals surface area (Å²) >= 11 is 1.70. The van der Waals surface area contributed by atoms with E-state index in [1.165, 1.54) is 17.1 Å². The minimum atomic E-state index is -1.19. The van der Waals surface area contributed by atoms with Crippen LogP contribution in [0.25, 0.3) is 0 Å². The van der Waals surface area contributed by atoms with Crippen molar-refractivity contribution in [3.63, 3.8) is 0 Å². The van der Waals surface area contributed by atoms with Crippen molar-refractivity contribution < 1.29 is 9.90 Å². The first-order valence-electron chi connectivity index (χ1n) is 5.61. The van der Waals surface area contributed by atoms with E-state index >= 15 is 0 Å². The summed E-state index contributed by atoms with van der Waals surface area (Å²) in [5.41, 5.74) is -0.649. The van der Waals surface area contributed by atoms with Crippen LogP contribution in [0.1, 0.15) is 27.0 Å². The number of aromatic nitrogens is 1. The molecule has 0 bridgehead atoms. The van der Waals surface area contributed by atoms with Crippen LogP contribution in [0.5, 0.6) is 0 Å². The van der Waals surface area contributed by atoms with Crippen molar-refractivity contribution in [2.45, 2.75) is 19.9 Å². The maximum absolute atomic E-state index is 11.3. The fourth-order valence-electron chi connectivity index (χ4n) is 1.66. The average molecular weight is 263 g/mol. The Balaban J connectivity index is 2.26. The van der Waals surface area contributed by atoms with E-state index in [1.54, 1.807) is 22.1 Å². The van der Waals surface area contributed by atoms with Gasteiger partial charge in [0.1, 0.15) is 5.56 Å². The van der Waals surface area contributed by atoms with Gasteiger partial charge in [0.05, 0.1) is 6.54 Å². The molecule has 5 heteroatoms. The third-order valence-electron chi connectivity index (χ3n) is 2.61. The number of rotatable bonds is 4. The molecule has 0 amide bonds. The fraction of sp³-hybridized carbons (Fsp3) is 0.231. The lowest BCUT2D eigenvalue weighted by Gasteiger charge is -2.05. The largest absolute Gasteiger partial charge is 0.477 e. The van der Waals surface area contributed by atoms with Gasteiger partial charge in [-0.3, -0.25) is 4.79 Å². The lowest BCUT2D eigenvalue weighted by molar-refractivity contribution is 0.0694. The standard InChI is InChI=1S/C13H13NO3S/c1-2-9-3-4-10(18-9)7-14-6-5-12(15)11(8-14)13(16)17/h3-6,8H,2,7H2,1H3,(H,16,17). The third-order valence-corrected chi connectivity index (χ3v) is 3.83. The highest BCUT2D eigenvalue weighted by molar-refractivity contribution is 7.11. The van der Waals surface area contributed by atoms with Crippen molar-refractivity contribution in [2.75, 3.05) is 0 Å². The van der Waals surface area contributed by atoms with Gasteiger partial charge in [-0.1, -0.05) is 6.92 Å². The van der Waals surface area contributed by atoms with Gasteiger partial charge in [-0.2, -0.15) is 0 Å². The summed E-state index contributed by atoms with van der Waals surface area (Å²) in [5.74, 6) is -1.19. The molecule has 0 atom stereocenters. The van der Waals surface area contributed by atoms with Crippen LogP contribution in [0.15, 0.2) is 35.4 Å². The Bertz CT molecular complexity index is 627. The van der Waals surface area contributed by atoms with Crippen LogP contribution < -0.4 is 5.43 Å². The van der Waals surface area contributed by atoms with Gasteiger partial charge in [-0.15, -0.1) is 11.3 Å². The van der Waals surface area contributed by atoms with Gasteiger partial charge in [0.2, 0.25) is 0 Å². The van der Waals surface area contributed by atoms with Crippen LogP contribution in [0.2, 0.25) is 0 Å². The van der Waals surface area contributed by atoms with E-state index in [4.69, 9.17) is 5.11 Å². The van der Waals surface area contributed by atoms with E-state index < -0.39 is 11.4 Å². The van der Waals surface area contributed by atoms with E-state index in [-0.39, 0.29) is 5.56 Å². The first-order chi connectivity index (χ1) is 8.60. The quantitative estimate of drug-likeness (QED) is 0.920. The molecule has 0 saturated heterocycles. The molecule has 0 aliphatic carbocycles. The Hall–Kier alpha value is -1.88. The molecule has 2 rings (SSSR count). The van der Waals surface area contributed by atoms with Crippen LogP contribution >= 0.6 is 11.3 Å². The number of hydrogen-bond donors (Lipinski definition) is 1. The molecule has 0 aliphatic rings. The molecule has 0 saturated carbocycles. The zero-order valence-electron chi connectivity index (χ0n) is 9.92. The number of carbonyl (C=O) groups is 1. The molecular formula is C13H13NO3S. The fourth-order valence-corrected chi connectivity index (χ4v) is 2.63. The molecule has 2 aromatic heterocycles. The number of hydrogen-bond acceptors (Lipinski definition) is 3. The molecule has 0 aliphatic heterocycles. The Morgan fingerprint density at radius 3 is 2.67 bits per heavy atom. The Morgan fingerprint density at radius 1 is 1.33 bits per heavy atom. The Labute approximate surface area is 108 Å². The Kier molecular flexibility index (Phi) is 3.62. The smallest absolute Gasteiger partial charge is 0.341 e. The number of aryl methyl sites for hydroxylation is 1. The van der Waals surface area contributed by atoms with Gasteiger partial charge >= 0.3 is 5.97 Å². The van der Waals surface area contributed by atoms with E-state index in [9.17, 15) is 9.59 Å². The first-order valence-corrected chi connectivity index (χ1v) is 6.42. The number of thiophene rings is 1. The lowest BCUT2D eigenvalue weighted by Crippen LogP contribution is -2.16.